The average molecular weight is 366 g/mol. The molecule has 0 radical (unpaired) electrons. The first-order chi connectivity index (χ1) is 13.1. The first-order valence-electron chi connectivity index (χ1n) is 9.94. The summed E-state index contributed by atoms with van der Waals surface area (Å²) in [6.07, 6.45) is 6.17. The number of carbonyl (C=O) groups is 2. The van der Waals surface area contributed by atoms with Crippen LogP contribution in [0.4, 0.5) is 0 Å². The number of fused-ring (bicyclic) bond motifs is 1. The van der Waals surface area contributed by atoms with E-state index in [0.717, 1.165) is 57.2 Å². The molecule has 1 aromatic carbocycles. The molecule has 2 N–H and O–H groups in total. The van der Waals surface area contributed by atoms with Crippen molar-refractivity contribution in [2.75, 3.05) is 13.1 Å². The van der Waals surface area contributed by atoms with E-state index < -0.39 is 5.91 Å². The van der Waals surface area contributed by atoms with Crippen LogP contribution in [0.5, 0.6) is 0 Å². The van der Waals surface area contributed by atoms with Crippen molar-refractivity contribution in [2.24, 2.45) is 11.7 Å². The Bertz CT molecular complexity index is 784. The molecule has 6 heteroatoms. The number of rotatable bonds is 3. The number of primary amides is 1. The molecule has 1 saturated heterocycles. The van der Waals surface area contributed by atoms with Gasteiger partial charge >= 0.3 is 0 Å². The van der Waals surface area contributed by atoms with Crippen molar-refractivity contribution in [3.63, 3.8) is 0 Å². The van der Waals surface area contributed by atoms with Crippen molar-refractivity contribution in [3.8, 4) is 6.07 Å². The van der Waals surface area contributed by atoms with Gasteiger partial charge in [0.15, 0.2) is 0 Å². The van der Waals surface area contributed by atoms with Crippen molar-refractivity contribution in [3.05, 3.63) is 34.9 Å². The van der Waals surface area contributed by atoms with E-state index in [1.165, 1.54) is 0 Å². The van der Waals surface area contributed by atoms with Gasteiger partial charge in [-0.2, -0.15) is 5.26 Å². The van der Waals surface area contributed by atoms with Gasteiger partial charge in [0, 0.05) is 37.6 Å². The van der Waals surface area contributed by atoms with Gasteiger partial charge in [0.25, 0.3) is 5.91 Å². The summed E-state index contributed by atoms with van der Waals surface area (Å²) >= 11 is 0. The van der Waals surface area contributed by atoms with Gasteiger partial charge < -0.3 is 15.5 Å². The number of hydrogen-bond acceptors (Lipinski definition) is 4. The highest BCUT2D eigenvalue weighted by molar-refractivity contribution is 6.09. The standard InChI is InChI=1S/C21H26N4O2/c22-12-14-4-6-16(7-5-14)24-10-8-17(9-11-24)25-13-15-2-1-3-18(20(23)26)19(15)21(25)27/h1-3,14,16-17H,4-11,13H2,(H2,23,26). The fraction of sp³-hybridized carbons (Fsp3) is 0.571. The number of nitrogens with zero attached hydrogens (tertiary/aromatic N) is 3. The first kappa shape index (κ1) is 18.0. The molecule has 142 valence electrons. The van der Waals surface area contributed by atoms with Crippen molar-refractivity contribution >= 4 is 11.8 Å². The molecule has 6 nitrogen and oxygen atoms in total. The monoisotopic (exact) mass is 366 g/mol. The number of likely N-dealkylation sites (tertiary alicyclic amines) is 1. The number of nitriles is 1. The number of piperidine rings is 1. The van der Waals surface area contributed by atoms with Crippen molar-refractivity contribution < 1.29 is 9.59 Å². The van der Waals surface area contributed by atoms with E-state index in [-0.39, 0.29) is 17.9 Å². The molecule has 27 heavy (non-hydrogen) atoms. The Morgan fingerprint density at radius 2 is 1.78 bits per heavy atom. The largest absolute Gasteiger partial charge is 0.366 e. The van der Waals surface area contributed by atoms with E-state index in [9.17, 15) is 9.59 Å². The maximum atomic E-state index is 12.9. The van der Waals surface area contributed by atoms with E-state index in [4.69, 9.17) is 11.0 Å². The number of amides is 2. The van der Waals surface area contributed by atoms with Gasteiger partial charge in [-0.05, 0) is 50.2 Å². The quantitative estimate of drug-likeness (QED) is 0.888. The Morgan fingerprint density at radius 1 is 1.07 bits per heavy atom. The minimum Gasteiger partial charge on any atom is -0.366 e. The molecule has 3 aliphatic rings. The Morgan fingerprint density at radius 3 is 2.41 bits per heavy atom. The average Bonchev–Trinajstić information content (AvgIpc) is 3.05. The van der Waals surface area contributed by atoms with E-state index in [2.05, 4.69) is 11.0 Å². The maximum absolute atomic E-state index is 12.9. The normalized spacial score (nSPS) is 26.6. The van der Waals surface area contributed by atoms with Crippen molar-refractivity contribution in [1.82, 2.24) is 9.80 Å². The predicted octanol–water partition coefficient (Wildman–Crippen LogP) is 2.29. The van der Waals surface area contributed by atoms with E-state index in [1.54, 1.807) is 12.1 Å². The van der Waals surface area contributed by atoms with Crippen molar-refractivity contribution in [1.29, 1.82) is 5.26 Å². The molecule has 2 heterocycles. The molecule has 0 unspecified atom stereocenters. The second-order valence-electron chi connectivity index (χ2n) is 8.04. The number of nitrogens with two attached hydrogens (primary N) is 1. The highest BCUT2D eigenvalue weighted by atomic mass is 16.2. The second-order valence-corrected chi connectivity index (χ2v) is 8.04. The number of carbonyl (C=O) groups excluding carboxylic acids is 2. The molecule has 1 aromatic rings. The summed E-state index contributed by atoms with van der Waals surface area (Å²) in [7, 11) is 0. The van der Waals surface area contributed by atoms with Gasteiger partial charge in [-0.3, -0.25) is 9.59 Å². The van der Waals surface area contributed by atoms with Gasteiger partial charge in [0.2, 0.25) is 5.91 Å². The van der Waals surface area contributed by atoms with Crippen LogP contribution < -0.4 is 5.73 Å². The molecular formula is C21H26N4O2. The number of hydrogen-bond donors (Lipinski definition) is 1. The Kier molecular flexibility index (Phi) is 4.88. The molecule has 1 aliphatic carbocycles. The van der Waals surface area contributed by atoms with E-state index >= 15 is 0 Å². The Hall–Kier alpha value is -2.39. The summed E-state index contributed by atoms with van der Waals surface area (Å²) in [5, 5.41) is 9.07. The summed E-state index contributed by atoms with van der Waals surface area (Å²) in [5.74, 6) is -0.351. The smallest absolute Gasteiger partial charge is 0.255 e. The van der Waals surface area contributed by atoms with E-state index in [0.29, 0.717) is 23.7 Å². The lowest BCUT2D eigenvalue weighted by Gasteiger charge is -2.42. The summed E-state index contributed by atoms with van der Waals surface area (Å²) in [4.78, 5) is 29.1. The summed E-state index contributed by atoms with van der Waals surface area (Å²) in [5.41, 5.74) is 7.21. The Labute approximate surface area is 159 Å². The molecule has 2 fully saturated rings. The van der Waals surface area contributed by atoms with Crippen LogP contribution in [0, 0.1) is 17.2 Å². The zero-order valence-electron chi connectivity index (χ0n) is 15.6. The molecule has 0 bridgehead atoms. The van der Waals surface area contributed by atoms with Crippen molar-refractivity contribution in [2.45, 2.75) is 57.2 Å². The molecule has 0 spiro atoms. The third kappa shape index (κ3) is 3.32. The lowest BCUT2D eigenvalue weighted by molar-refractivity contribution is 0.0494. The topological polar surface area (TPSA) is 90.4 Å². The van der Waals surface area contributed by atoms with Gasteiger partial charge in [0.05, 0.1) is 17.2 Å². The minimum atomic E-state index is -0.537. The molecule has 2 aliphatic heterocycles. The third-order valence-electron chi connectivity index (χ3n) is 6.57. The second kappa shape index (κ2) is 7.32. The Balaban J connectivity index is 1.38. The molecule has 4 rings (SSSR count). The molecule has 0 aromatic heterocycles. The molecule has 2 amide bonds. The molecule has 1 saturated carbocycles. The van der Waals surface area contributed by atoms with Crippen LogP contribution >= 0.6 is 0 Å². The highest BCUT2D eigenvalue weighted by Gasteiger charge is 2.37. The van der Waals surface area contributed by atoms with Crippen LogP contribution in [-0.2, 0) is 6.54 Å². The minimum absolute atomic E-state index is 0.0487. The van der Waals surface area contributed by atoms with Gasteiger partial charge in [-0.1, -0.05) is 12.1 Å². The maximum Gasteiger partial charge on any atom is 0.255 e. The molecule has 0 atom stereocenters. The fourth-order valence-corrected chi connectivity index (χ4v) is 5.02. The lowest BCUT2D eigenvalue weighted by Crippen LogP contribution is -2.49. The first-order valence-corrected chi connectivity index (χ1v) is 9.94. The summed E-state index contributed by atoms with van der Waals surface area (Å²) in [6.45, 7) is 2.57. The zero-order chi connectivity index (χ0) is 19.0. The highest BCUT2D eigenvalue weighted by Crippen LogP contribution is 2.33. The summed E-state index contributed by atoms with van der Waals surface area (Å²) < 4.78 is 0. The zero-order valence-corrected chi connectivity index (χ0v) is 15.6. The van der Waals surface area contributed by atoms with Crippen LogP contribution in [-0.4, -0.2) is 46.8 Å². The fourth-order valence-electron chi connectivity index (χ4n) is 5.02. The third-order valence-corrected chi connectivity index (χ3v) is 6.57. The van der Waals surface area contributed by atoms with Crippen LogP contribution in [0.25, 0.3) is 0 Å². The SMILES string of the molecule is N#CC1CCC(N2CCC(N3Cc4cccc(C(N)=O)c4C3=O)CC2)CC1. The van der Waals surface area contributed by atoms with Gasteiger partial charge in [-0.15, -0.1) is 0 Å². The predicted molar refractivity (Wildman–Crippen MR) is 101 cm³/mol. The van der Waals surface area contributed by atoms with Crippen LogP contribution in [0.1, 0.15) is 64.8 Å². The van der Waals surface area contributed by atoms with Gasteiger partial charge in [0.1, 0.15) is 0 Å². The summed E-state index contributed by atoms with van der Waals surface area (Å²) in [6, 6.07) is 8.57. The van der Waals surface area contributed by atoms with Gasteiger partial charge in [-0.25, -0.2) is 0 Å². The van der Waals surface area contributed by atoms with Crippen LogP contribution in [0.2, 0.25) is 0 Å². The van der Waals surface area contributed by atoms with E-state index in [1.807, 2.05) is 11.0 Å². The lowest BCUT2D eigenvalue weighted by atomic mass is 9.85. The van der Waals surface area contributed by atoms with Crippen LogP contribution in [0.3, 0.4) is 0 Å². The molecular weight excluding hydrogens is 340 g/mol. The number of benzene rings is 1. The van der Waals surface area contributed by atoms with Crippen LogP contribution in [0.15, 0.2) is 18.2 Å².